The number of unbranched alkanes of at least 4 members (excludes halogenated alkanes) is 2. The van der Waals surface area contributed by atoms with Crippen LogP contribution in [0.3, 0.4) is 0 Å². The SMILES string of the molecule is CCCCCOc1ccccc1CNCC1CCCO1. The minimum atomic E-state index is 0.396. The van der Waals surface area contributed by atoms with Crippen LogP contribution >= 0.6 is 0 Å². The molecule has 0 aromatic heterocycles. The maximum Gasteiger partial charge on any atom is 0.123 e. The van der Waals surface area contributed by atoms with E-state index in [4.69, 9.17) is 9.47 Å². The Morgan fingerprint density at radius 3 is 3.00 bits per heavy atom. The van der Waals surface area contributed by atoms with Crippen molar-refractivity contribution in [1.29, 1.82) is 0 Å². The lowest BCUT2D eigenvalue weighted by atomic mass is 10.2. The van der Waals surface area contributed by atoms with Gasteiger partial charge in [-0.2, -0.15) is 0 Å². The summed E-state index contributed by atoms with van der Waals surface area (Å²) in [6, 6.07) is 8.31. The average molecular weight is 277 g/mol. The molecule has 3 heteroatoms. The summed E-state index contributed by atoms with van der Waals surface area (Å²) in [5.41, 5.74) is 1.24. The van der Waals surface area contributed by atoms with E-state index in [1.165, 1.54) is 31.2 Å². The first-order chi connectivity index (χ1) is 9.90. The molecule has 0 bridgehead atoms. The first-order valence-corrected chi connectivity index (χ1v) is 7.93. The van der Waals surface area contributed by atoms with Crippen molar-refractivity contribution in [2.45, 2.75) is 51.7 Å². The molecule has 0 saturated carbocycles. The summed E-state index contributed by atoms with van der Waals surface area (Å²) < 4.78 is 11.5. The van der Waals surface area contributed by atoms with E-state index in [0.717, 1.165) is 38.5 Å². The van der Waals surface area contributed by atoms with Crippen molar-refractivity contribution in [1.82, 2.24) is 5.32 Å². The van der Waals surface area contributed by atoms with Gasteiger partial charge in [-0.3, -0.25) is 0 Å². The van der Waals surface area contributed by atoms with Gasteiger partial charge in [0.1, 0.15) is 5.75 Å². The van der Waals surface area contributed by atoms with Crippen LogP contribution in [-0.2, 0) is 11.3 Å². The average Bonchev–Trinajstić information content (AvgIpc) is 2.98. The van der Waals surface area contributed by atoms with Gasteiger partial charge in [-0.1, -0.05) is 38.0 Å². The lowest BCUT2D eigenvalue weighted by Gasteiger charge is -2.14. The smallest absolute Gasteiger partial charge is 0.123 e. The molecule has 1 unspecified atom stereocenters. The predicted molar refractivity (Wildman–Crippen MR) is 82.1 cm³/mol. The van der Waals surface area contributed by atoms with Gasteiger partial charge >= 0.3 is 0 Å². The molecule has 1 aromatic rings. The van der Waals surface area contributed by atoms with E-state index in [2.05, 4.69) is 30.4 Å². The predicted octanol–water partition coefficient (Wildman–Crippen LogP) is 3.52. The van der Waals surface area contributed by atoms with Gasteiger partial charge in [-0.05, 0) is 25.3 Å². The zero-order valence-electron chi connectivity index (χ0n) is 12.6. The van der Waals surface area contributed by atoms with E-state index >= 15 is 0 Å². The molecule has 1 saturated heterocycles. The van der Waals surface area contributed by atoms with Crippen LogP contribution in [0.4, 0.5) is 0 Å². The van der Waals surface area contributed by atoms with Gasteiger partial charge in [-0.25, -0.2) is 0 Å². The Bertz CT molecular complexity index is 375. The van der Waals surface area contributed by atoms with E-state index < -0.39 is 0 Å². The Labute approximate surface area is 122 Å². The van der Waals surface area contributed by atoms with Gasteiger partial charge in [0.15, 0.2) is 0 Å². The summed E-state index contributed by atoms with van der Waals surface area (Å²) in [6.45, 7) is 5.73. The Balaban J connectivity index is 1.74. The summed E-state index contributed by atoms with van der Waals surface area (Å²) in [5.74, 6) is 1.02. The number of rotatable bonds is 9. The first-order valence-electron chi connectivity index (χ1n) is 7.93. The molecule has 0 aliphatic carbocycles. The Morgan fingerprint density at radius 2 is 2.20 bits per heavy atom. The van der Waals surface area contributed by atoms with Crippen LogP contribution in [0.15, 0.2) is 24.3 Å². The third kappa shape index (κ3) is 5.14. The van der Waals surface area contributed by atoms with Gasteiger partial charge in [0.25, 0.3) is 0 Å². The van der Waals surface area contributed by atoms with Crippen LogP contribution in [0.1, 0.15) is 44.6 Å². The second kappa shape index (κ2) is 8.98. The molecular weight excluding hydrogens is 250 g/mol. The minimum Gasteiger partial charge on any atom is -0.493 e. The topological polar surface area (TPSA) is 30.5 Å². The van der Waals surface area contributed by atoms with Gasteiger partial charge in [0.2, 0.25) is 0 Å². The zero-order chi connectivity index (χ0) is 14.0. The molecule has 0 amide bonds. The van der Waals surface area contributed by atoms with Crippen LogP contribution in [0.5, 0.6) is 5.75 Å². The number of hydrogen-bond acceptors (Lipinski definition) is 3. The fourth-order valence-electron chi connectivity index (χ4n) is 2.50. The lowest BCUT2D eigenvalue weighted by Crippen LogP contribution is -2.26. The summed E-state index contributed by atoms with van der Waals surface area (Å²) in [5, 5.41) is 3.48. The third-order valence-corrected chi connectivity index (χ3v) is 3.69. The Kier molecular flexibility index (Phi) is 6.89. The molecule has 112 valence electrons. The van der Waals surface area contributed by atoms with Crippen molar-refractivity contribution in [3.63, 3.8) is 0 Å². The lowest BCUT2D eigenvalue weighted by molar-refractivity contribution is 0.110. The van der Waals surface area contributed by atoms with E-state index in [-0.39, 0.29) is 0 Å². The van der Waals surface area contributed by atoms with Crippen LogP contribution in [0, 0.1) is 0 Å². The highest BCUT2D eigenvalue weighted by Crippen LogP contribution is 2.18. The van der Waals surface area contributed by atoms with Crippen LogP contribution in [-0.4, -0.2) is 25.9 Å². The minimum absolute atomic E-state index is 0.396. The molecular formula is C17H27NO2. The summed E-state index contributed by atoms with van der Waals surface area (Å²) in [7, 11) is 0. The van der Waals surface area contributed by atoms with Crippen molar-refractivity contribution >= 4 is 0 Å². The number of nitrogens with one attached hydrogen (secondary N) is 1. The fraction of sp³-hybridized carbons (Fsp3) is 0.647. The first kappa shape index (κ1) is 15.3. The molecule has 1 N–H and O–H groups in total. The standard InChI is InChI=1S/C17H27NO2/c1-2-3-6-11-20-17-10-5-4-8-15(17)13-18-14-16-9-7-12-19-16/h4-5,8,10,16,18H,2-3,6-7,9,11-14H2,1H3. The Morgan fingerprint density at radius 1 is 1.30 bits per heavy atom. The summed E-state index contributed by atoms with van der Waals surface area (Å²) >= 11 is 0. The number of benzene rings is 1. The molecule has 1 aliphatic rings. The normalized spacial score (nSPS) is 18.4. The quantitative estimate of drug-likeness (QED) is 0.701. The highest BCUT2D eigenvalue weighted by molar-refractivity contribution is 5.33. The molecule has 1 heterocycles. The number of hydrogen-bond donors (Lipinski definition) is 1. The highest BCUT2D eigenvalue weighted by Gasteiger charge is 2.14. The number of para-hydroxylation sites is 1. The molecule has 2 rings (SSSR count). The van der Waals surface area contributed by atoms with E-state index in [9.17, 15) is 0 Å². The molecule has 0 radical (unpaired) electrons. The zero-order valence-corrected chi connectivity index (χ0v) is 12.6. The van der Waals surface area contributed by atoms with Crippen LogP contribution in [0.2, 0.25) is 0 Å². The van der Waals surface area contributed by atoms with Crippen molar-refractivity contribution in [2.24, 2.45) is 0 Å². The van der Waals surface area contributed by atoms with E-state index in [1.807, 2.05) is 6.07 Å². The van der Waals surface area contributed by atoms with Crippen molar-refractivity contribution in [2.75, 3.05) is 19.8 Å². The molecule has 1 aromatic carbocycles. The summed E-state index contributed by atoms with van der Waals surface area (Å²) in [4.78, 5) is 0. The van der Waals surface area contributed by atoms with Gasteiger partial charge in [0, 0.05) is 25.3 Å². The molecule has 0 spiro atoms. The third-order valence-electron chi connectivity index (χ3n) is 3.69. The second-order valence-corrected chi connectivity index (χ2v) is 5.43. The maximum atomic E-state index is 5.89. The van der Waals surface area contributed by atoms with Crippen LogP contribution < -0.4 is 10.1 Å². The molecule has 3 nitrogen and oxygen atoms in total. The number of ether oxygens (including phenoxy) is 2. The van der Waals surface area contributed by atoms with Crippen molar-refractivity contribution in [3.05, 3.63) is 29.8 Å². The van der Waals surface area contributed by atoms with Gasteiger partial charge < -0.3 is 14.8 Å². The molecule has 1 fully saturated rings. The second-order valence-electron chi connectivity index (χ2n) is 5.43. The van der Waals surface area contributed by atoms with E-state index in [1.54, 1.807) is 0 Å². The fourth-order valence-corrected chi connectivity index (χ4v) is 2.50. The molecule has 20 heavy (non-hydrogen) atoms. The van der Waals surface area contributed by atoms with Crippen molar-refractivity contribution < 1.29 is 9.47 Å². The molecule has 1 aliphatic heterocycles. The summed E-state index contributed by atoms with van der Waals surface area (Å²) in [6.07, 6.45) is 6.38. The van der Waals surface area contributed by atoms with Gasteiger partial charge in [-0.15, -0.1) is 0 Å². The Hall–Kier alpha value is -1.06. The van der Waals surface area contributed by atoms with Crippen molar-refractivity contribution in [3.8, 4) is 5.75 Å². The van der Waals surface area contributed by atoms with Gasteiger partial charge in [0.05, 0.1) is 12.7 Å². The monoisotopic (exact) mass is 277 g/mol. The van der Waals surface area contributed by atoms with Crippen LogP contribution in [0.25, 0.3) is 0 Å². The van der Waals surface area contributed by atoms with E-state index in [0.29, 0.717) is 6.10 Å². The molecule has 1 atom stereocenters. The maximum absolute atomic E-state index is 5.89. The highest BCUT2D eigenvalue weighted by atomic mass is 16.5. The largest absolute Gasteiger partial charge is 0.493 e.